The summed E-state index contributed by atoms with van der Waals surface area (Å²) in [6.45, 7) is 0. The van der Waals surface area contributed by atoms with Crippen molar-refractivity contribution in [2.24, 2.45) is 5.92 Å². The first kappa shape index (κ1) is 9.40. The highest BCUT2D eigenvalue weighted by molar-refractivity contribution is 5.74. The highest BCUT2D eigenvalue weighted by atomic mass is 16.7. The van der Waals surface area contributed by atoms with E-state index in [0.29, 0.717) is 0 Å². The summed E-state index contributed by atoms with van der Waals surface area (Å²) in [5, 5.41) is 28.3. The van der Waals surface area contributed by atoms with E-state index < -0.39 is 22.5 Å². The van der Waals surface area contributed by atoms with Crippen molar-refractivity contribution < 1.29 is 19.9 Å². The zero-order valence-electron chi connectivity index (χ0n) is 6.45. The second-order valence-corrected chi connectivity index (χ2v) is 2.60. The average Bonchev–Trinajstić information content (AvgIpc) is 2.04. The first-order valence-electron chi connectivity index (χ1n) is 3.44. The second kappa shape index (κ2) is 2.98. The zero-order valence-corrected chi connectivity index (χ0v) is 6.45. The quantitative estimate of drug-likeness (QED) is 0.352. The lowest BCUT2D eigenvalue weighted by Gasteiger charge is -2.21. The molecule has 0 fully saturated rings. The molecule has 0 bridgehead atoms. The fourth-order valence-electron chi connectivity index (χ4n) is 1.06. The number of carbonyl (C=O) groups is 1. The van der Waals surface area contributed by atoms with Crippen molar-refractivity contribution in [2.75, 3.05) is 0 Å². The van der Waals surface area contributed by atoms with Crippen LogP contribution in [0.2, 0.25) is 0 Å². The molecule has 0 aromatic rings. The van der Waals surface area contributed by atoms with Gasteiger partial charge >= 0.3 is 11.7 Å². The lowest BCUT2D eigenvalue weighted by molar-refractivity contribution is -0.614. The van der Waals surface area contributed by atoms with E-state index >= 15 is 0 Å². The summed E-state index contributed by atoms with van der Waals surface area (Å²) < 4.78 is 0. The minimum absolute atomic E-state index is 0.853. The van der Waals surface area contributed by atoms with E-state index in [1.807, 2.05) is 0 Å². The molecule has 1 aliphatic rings. The first-order chi connectivity index (χ1) is 5.98. The molecule has 0 aromatic carbocycles. The number of hydrogen-bond acceptors (Lipinski definition) is 4. The maximum Gasteiger partial charge on any atom is 0.359 e. The molecule has 0 radical (unpaired) electrons. The van der Waals surface area contributed by atoms with E-state index in [1.54, 1.807) is 0 Å². The van der Waals surface area contributed by atoms with Gasteiger partial charge in [0.1, 0.15) is 0 Å². The first-order valence-corrected chi connectivity index (χ1v) is 3.44. The number of hydrogen-bond donors (Lipinski definition) is 2. The summed E-state index contributed by atoms with van der Waals surface area (Å²) in [6, 6.07) is 0. The van der Waals surface area contributed by atoms with Crippen molar-refractivity contribution in [1.29, 1.82) is 0 Å². The topological polar surface area (TPSA) is 101 Å². The molecule has 2 unspecified atom stereocenters. The Morgan fingerprint density at radius 1 is 1.54 bits per heavy atom. The van der Waals surface area contributed by atoms with E-state index in [0.717, 1.165) is 12.2 Å². The van der Waals surface area contributed by atoms with Crippen molar-refractivity contribution in [3.63, 3.8) is 0 Å². The van der Waals surface area contributed by atoms with Gasteiger partial charge < -0.3 is 10.2 Å². The van der Waals surface area contributed by atoms with E-state index in [-0.39, 0.29) is 0 Å². The number of aliphatic hydroxyl groups is 1. The van der Waals surface area contributed by atoms with Crippen molar-refractivity contribution in [3.05, 3.63) is 34.4 Å². The Morgan fingerprint density at radius 3 is 2.54 bits per heavy atom. The minimum atomic E-state index is -2.53. The Balaban J connectivity index is 3.07. The van der Waals surface area contributed by atoms with Crippen LogP contribution in [0, 0.1) is 16.0 Å². The Kier molecular flexibility index (Phi) is 2.16. The van der Waals surface area contributed by atoms with E-state index in [4.69, 9.17) is 5.11 Å². The third-order valence-corrected chi connectivity index (χ3v) is 1.77. The number of nitro groups is 1. The molecule has 0 aliphatic heterocycles. The van der Waals surface area contributed by atoms with Gasteiger partial charge in [-0.3, -0.25) is 14.9 Å². The predicted octanol–water partition coefficient (Wildman–Crippen LogP) is -0.221. The van der Waals surface area contributed by atoms with Crippen LogP contribution in [-0.2, 0) is 4.79 Å². The second-order valence-electron chi connectivity index (χ2n) is 2.60. The number of aliphatic carboxylic acids is 1. The zero-order chi connectivity index (χ0) is 10.1. The Morgan fingerprint density at radius 2 is 2.15 bits per heavy atom. The Bertz CT molecular complexity index is 308. The molecule has 0 heterocycles. The lowest BCUT2D eigenvalue weighted by atomic mass is 9.92. The number of carboxylic acid groups (broad SMARTS) is 1. The van der Waals surface area contributed by atoms with Gasteiger partial charge in [0.15, 0.2) is 5.92 Å². The minimum Gasteiger partial charge on any atom is -0.481 e. The highest BCUT2D eigenvalue weighted by Crippen LogP contribution is 2.25. The van der Waals surface area contributed by atoms with Crippen molar-refractivity contribution in [1.82, 2.24) is 0 Å². The number of allylic oxidation sites excluding steroid dienone is 2. The van der Waals surface area contributed by atoms with E-state index in [1.165, 1.54) is 12.2 Å². The smallest absolute Gasteiger partial charge is 0.359 e. The normalized spacial score (nSPS) is 31.6. The molecule has 13 heavy (non-hydrogen) atoms. The predicted molar refractivity (Wildman–Crippen MR) is 41.4 cm³/mol. The molecule has 70 valence electrons. The third-order valence-electron chi connectivity index (χ3n) is 1.77. The Hall–Kier alpha value is -1.69. The third kappa shape index (κ3) is 1.43. The van der Waals surface area contributed by atoms with Gasteiger partial charge in [-0.1, -0.05) is 18.2 Å². The van der Waals surface area contributed by atoms with Crippen LogP contribution in [0.15, 0.2) is 24.3 Å². The van der Waals surface area contributed by atoms with Crippen LogP contribution in [-0.4, -0.2) is 26.8 Å². The molecular weight excluding hydrogens is 178 g/mol. The summed E-state index contributed by atoms with van der Waals surface area (Å²) in [5.41, 5.74) is -2.53. The van der Waals surface area contributed by atoms with Gasteiger partial charge in [0.2, 0.25) is 0 Å². The molecule has 0 spiro atoms. The van der Waals surface area contributed by atoms with Crippen molar-refractivity contribution in [3.8, 4) is 0 Å². The molecule has 6 nitrogen and oxygen atoms in total. The molecule has 0 amide bonds. The Labute approximate surface area is 72.9 Å². The van der Waals surface area contributed by atoms with E-state index in [9.17, 15) is 20.0 Å². The van der Waals surface area contributed by atoms with Crippen molar-refractivity contribution in [2.45, 2.75) is 5.72 Å². The van der Waals surface area contributed by atoms with Crippen LogP contribution < -0.4 is 0 Å². The highest BCUT2D eigenvalue weighted by Gasteiger charge is 2.50. The molecule has 0 saturated carbocycles. The van der Waals surface area contributed by atoms with Gasteiger partial charge in [-0.15, -0.1) is 0 Å². The number of rotatable bonds is 2. The molecule has 6 heteroatoms. The fraction of sp³-hybridized carbons (Fsp3) is 0.286. The lowest BCUT2D eigenvalue weighted by Crippen LogP contribution is -2.47. The number of nitrogens with zero attached hydrogens (tertiary/aromatic N) is 1. The van der Waals surface area contributed by atoms with Gasteiger partial charge in [-0.2, -0.15) is 0 Å². The molecule has 1 aliphatic carbocycles. The molecule has 2 atom stereocenters. The summed E-state index contributed by atoms with van der Waals surface area (Å²) in [4.78, 5) is 19.9. The molecule has 0 aromatic heterocycles. The summed E-state index contributed by atoms with van der Waals surface area (Å²) in [6.07, 6.45) is 4.51. The van der Waals surface area contributed by atoms with Crippen molar-refractivity contribution >= 4 is 5.97 Å². The van der Waals surface area contributed by atoms with Crippen LogP contribution in [0.1, 0.15) is 0 Å². The van der Waals surface area contributed by atoms with Crippen LogP contribution in [0.3, 0.4) is 0 Å². The largest absolute Gasteiger partial charge is 0.481 e. The van der Waals surface area contributed by atoms with Crippen LogP contribution in [0.5, 0.6) is 0 Å². The summed E-state index contributed by atoms with van der Waals surface area (Å²) in [5.74, 6) is -2.97. The van der Waals surface area contributed by atoms with Gasteiger partial charge in [0.05, 0.1) is 4.92 Å². The van der Waals surface area contributed by atoms with Crippen LogP contribution >= 0.6 is 0 Å². The number of carboxylic acids is 1. The fourth-order valence-corrected chi connectivity index (χ4v) is 1.06. The maximum atomic E-state index is 10.5. The summed E-state index contributed by atoms with van der Waals surface area (Å²) >= 11 is 0. The monoisotopic (exact) mass is 185 g/mol. The van der Waals surface area contributed by atoms with Gasteiger partial charge in [0, 0.05) is 6.08 Å². The SMILES string of the molecule is O=C(O)C1C=CC=CC1(O)[N+](=O)[O-]. The molecule has 2 N–H and O–H groups in total. The maximum absolute atomic E-state index is 10.5. The molecule has 0 saturated heterocycles. The van der Waals surface area contributed by atoms with Gasteiger partial charge in [-0.25, -0.2) is 0 Å². The van der Waals surface area contributed by atoms with E-state index in [2.05, 4.69) is 0 Å². The van der Waals surface area contributed by atoms with Gasteiger partial charge in [-0.05, 0) is 0 Å². The average molecular weight is 185 g/mol. The standard InChI is InChI=1S/C7H7NO5/c9-6(10)5-3-1-2-4-7(5,11)8(12)13/h1-5,11H,(H,9,10). The molecule has 1 rings (SSSR count). The summed E-state index contributed by atoms with van der Waals surface area (Å²) in [7, 11) is 0. The molecular formula is C7H7NO5. The van der Waals surface area contributed by atoms with Crippen LogP contribution in [0.4, 0.5) is 0 Å². The van der Waals surface area contributed by atoms with Crippen LogP contribution in [0.25, 0.3) is 0 Å². The van der Waals surface area contributed by atoms with Gasteiger partial charge in [0.25, 0.3) is 0 Å².